The molecule has 4 unspecified atom stereocenters. The van der Waals surface area contributed by atoms with E-state index < -0.39 is 66.1 Å². The molecule has 0 spiro atoms. The van der Waals surface area contributed by atoms with Crippen LogP contribution in [0.25, 0.3) is 0 Å². The van der Waals surface area contributed by atoms with Crippen molar-refractivity contribution in [2.24, 2.45) is 17.2 Å². The van der Waals surface area contributed by atoms with Crippen LogP contribution in [0.2, 0.25) is 0 Å². The highest BCUT2D eigenvalue weighted by atomic mass is 16.4. The lowest BCUT2D eigenvalue weighted by molar-refractivity contribution is -0.143. The number of hydrogen-bond acceptors (Lipinski definition) is 7. The van der Waals surface area contributed by atoms with Crippen molar-refractivity contribution in [1.29, 1.82) is 0 Å². The number of nitrogens with two attached hydrogens (primary N) is 3. The zero-order chi connectivity index (χ0) is 29.7. The quantitative estimate of drug-likeness (QED) is 0.128. The Morgan fingerprint density at radius 1 is 0.650 bits per heavy atom. The van der Waals surface area contributed by atoms with E-state index in [-0.39, 0.29) is 25.7 Å². The number of nitrogens with one attached hydrogen (secondary N) is 3. The molecule has 0 saturated carbocycles. The molecule has 2 aromatic rings. The van der Waals surface area contributed by atoms with Gasteiger partial charge in [-0.3, -0.25) is 24.0 Å². The number of benzene rings is 2. The van der Waals surface area contributed by atoms with Crippen molar-refractivity contribution in [1.82, 2.24) is 16.0 Å². The van der Waals surface area contributed by atoms with Crippen molar-refractivity contribution in [3.05, 3.63) is 71.8 Å². The van der Waals surface area contributed by atoms with Gasteiger partial charge in [-0.1, -0.05) is 60.7 Å². The standard InChI is InChI=1S/C27H34N6O7/c28-18(11-12-22(29)34)24(36)31-19(13-16-7-3-1-4-8-16)25(37)32-20(14-17-9-5-2-6-10-17)26(38)33-21(27(39)40)15-23(30)35/h1-10,18-21H,11-15,28H2,(H2,29,34)(H2,30,35)(H,31,36)(H,32,37)(H,33,38)(H,39,40). The minimum absolute atomic E-state index is 0.0224. The predicted molar refractivity (Wildman–Crippen MR) is 144 cm³/mol. The van der Waals surface area contributed by atoms with E-state index in [4.69, 9.17) is 17.2 Å². The van der Waals surface area contributed by atoms with Crippen LogP contribution < -0.4 is 33.2 Å². The summed E-state index contributed by atoms with van der Waals surface area (Å²) in [4.78, 5) is 73.3. The fourth-order valence-electron chi connectivity index (χ4n) is 3.77. The molecule has 0 fully saturated rings. The average Bonchev–Trinajstić information content (AvgIpc) is 2.91. The summed E-state index contributed by atoms with van der Waals surface area (Å²) in [6.45, 7) is 0. The second-order valence-corrected chi connectivity index (χ2v) is 9.18. The molecule has 2 rings (SSSR count). The normalized spacial score (nSPS) is 13.6. The molecule has 0 aliphatic carbocycles. The number of carboxylic acid groups (broad SMARTS) is 1. The summed E-state index contributed by atoms with van der Waals surface area (Å²) < 4.78 is 0. The molecule has 2 aromatic carbocycles. The molecule has 13 heteroatoms. The molecule has 0 aromatic heterocycles. The van der Waals surface area contributed by atoms with E-state index >= 15 is 0 Å². The molecule has 0 radical (unpaired) electrons. The van der Waals surface area contributed by atoms with Gasteiger partial charge >= 0.3 is 5.97 Å². The molecule has 40 heavy (non-hydrogen) atoms. The minimum atomic E-state index is -1.61. The van der Waals surface area contributed by atoms with Crippen molar-refractivity contribution in [2.75, 3.05) is 0 Å². The first kappa shape index (κ1) is 31.4. The van der Waals surface area contributed by atoms with Crippen LogP contribution in [0.5, 0.6) is 0 Å². The Kier molecular flexibility index (Phi) is 12.3. The number of carbonyl (C=O) groups excluding carboxylic acids is 5. The number of amides is 5. The van der Waals surface area contributed by atoms with Crippen LogP contribution in [0.3, 0.4) is 0 Å². The van der Waals surface area contributed by atoms with E-state index in [1.165, 1.54) is 0 Å². The number of aliphatic carboxylic acids is 1. The Labute approximate surface area is 230 Å². The van der Waals surface area contributed by atoms with Crippen LogP contribution in [0.1, 0.15) is 30.4 Å². The van der Waals surface area contributed by atoms with Gasteiger partial charge < -0.3 is 38.3 Å². The first-order valence-corrected chi connectivity index (χ1v) is 12.5. The molecular weight excluding hydrogens is 520 g/mol. The first-order chi connectivity index (χ1) is 19.0. The van der Waals surface area contributed by atoms with Crippen molar-refractivity contribution in [3.8, 4) is 0 Å². The summed E-state index contributed by atoms with van der Waals surface area (Å²) in [7, 11) is 0. The van der Waals surface area contributed by atoms with E-state index in [2.05, 4.69) is 16.0 Å². The molecule has 0 aliphatic heterocycles. The third-order valence-corrected chi connectivity index (χ3v) is 5.89. The highest BCUT2D eigenvalue weighted by Gasteiger charge is 2.31. The number of carboxylic acids is 1. The van der Waals surface area contributed by atoms with Crippen molar-refractivity contribution in [3.63, 3.8) is 0 Å². The predicted octanol–water partition coefficient (Wildman–Crippen LogP) is -1.52. The van der Waals surface area contributed by atoms with Gasteiger partial charge in [-0.25, -0.2) is 4.79 Å². The largest absolute Gasteiger partial charge is 0.480 e. The Morgan fingerprint density at radius 2 is 1.07 bits per heavy atom. The maximum Gasteiger partial charge on any atom is 0.326 e. The summed E-state index contributed by atoms with van der Waals surface area (Å²) in [5, 5.41) is 16.8. The van der Waals surface area contributed by atoms with Crippen LogP contribution in [-0.4, -0.2) is 64.8 Å². The highest BCUT2D eigenvalue weighted by molar-refractivity contribution is 5.95. The van der Waals surface area contributed by atoms with Gasteiger partial charge in [0.2, 0.25) is 29.5 Å². The Hall–Kier alpha value is -4.78. The number of rotatable bonds is 16. The Morgan fingerprint density at radius 3 is 1.48 bits per heavy atom. The SMILES string of the molecule is NC(=O)CCC(N)C(=O)NC(Cc1ccccc1)C(=O)NC(Cc1ccccc1)C(=O)NC(CC(N)=O)C(=O)O. The lowest BCUT2D eigenvalue weighted by Crippen LogP contribution is -2.58. The van der Waals surface area contributed by atoms with Crippen molar-refractivity contribution in [2.45, 2.75) is 56.3 Å². The van der Waals surface area contributed by atoms with Gasteiger partial charge in [0.15, 0.2) is 0 Å². The Bertz CT molecular complexity index is 1190. The lowest BCUT2D eigenvalue weighted by atomic mass is 10.0. The average molecular weight is 555 g/mol. The maximum atomic E-state index is 13.5. The van der Waals surface area contributed by atoms with Crippen LogP contribution >= 0.6 is 0 Å². The van der Waals surface area contributed by atoms with Crippen molar-refractivity contribution >= 4 is 35.5 Å². The van der Waals surface area contributed by atoms with Gasteiger partial charge in [-0.2, -0.15) is 0 Å². The van der Waals surface area contributed by atoms with Crippen LogP contribution in [0.4, 0.5) is 0 Å². The minimum Gasteiger partial charge on any atom is -0.480 e. The number of primary amides is 2. The molecule has 0 aliphatic rings. The number of carbonyl (C=O) groups is 6. The third-order valence-electron chi connectivity index (χ3n) is 5.89. The molecule has 0 bridgehead atoms. The lowest BCUT2D eigenvalue weighted by Gasteiger charge is -2.25. The van der Waals surface area contributed by atoms with Crippen LogP contribution in [0, 0.1) is 0 Å². The summed E-state index contributed by atoms with van der Waals surface area (Å²) in [5.74, 6) is -5.35. The van der Waals surface area contributed by atoms with Gasteiger partial charge in [-0.05, 0) is 17.5 Å². The molecule has 4 atom stereocenters. The molecule has 214 valence electrons. The summed E-state index contributed by atoms with van der Waals surface area (Å²) in [5.41, 5.74) is 17.5. The molecule has 10 N–H and O–H groups in total. The summed E-state index contributed by atoms with van der Waals surface area (Å²) in [6, 6.07) is 12.2. The van der Waals surface area contributed by atoms with Gasteiger partial charge in [0.05, 0.1) is 12.5 Å². The molecular formula is C27H34N6O7. The van der Waals surface area contributed by atoms with E-state index in [1.807, 2.05) is 0 Å². The van der Waals surface area contributed by atoms with Crippen LogP contribution in [-0.2, 0) is 41.6 Å². The fraction of sp³-hybridized carbons (Fsp3) is 0.333. The topological polar surface area (TPSA) is 237 Å². The summed E-state index contributed by atoms with van der Waals surface area (Å²) >= 11 is 0. The monoisotopic (exact) mass is 554 g/mol. The summed E-state index contributed by atoms with van der Waals surface area (Å²) in [6.07, 6.45) is -0.787. The second-order valence-electron chi connectivity index (χ2n) is 9.18. The van der Waals surface area contributed by atoms with Gasteiger partial charge in [0.25, 0.3) is 0 Å². The zero-order valence-corrected chi connectivity index (χ0v) is 21.7. The molecule has 13 nitrogen and oxygen atoms in total. The van der Waals surface area contributed by atoms with Gasteiger partial charge in [0.1, 0.15) is 18.1 Å². The fourth-order valence-corrected chi connectivity index (χ4v) is 3.77. The van der Waals surface area contributed by atoms with Gasteiger partial charge in [-0.15, -0.1) is 0 Å². The molecule has 5 amide bonds. The van der Waals surface area contributed by atoms with Crippen LogP contribution in [0.15, 0.2) is 60.7 Å². The first-order valence-electron chi connectivity index (χ1n) is 12.5. The number of hydrogen-bond donors (Lipinski definition) is 7. The van der Waals surface area contributed by atoms with E-state index in [0.29, 0.717) is 11.1 Å². The van der Waals surface area contributed by atoms with Gasteiger partial charge in [0, 0.05) is 19.3 Å². The third kappa shape index (κ3) is 10.9. The van der Waals surface area contributed by atoms with E-state index in [9.17, 15) is 33.9 Å². The van der Waals surface area contributed by atoms with E-state index in [1.54, 1.807) is 60.7 Å². The van der Waals surface area contributed by atoms with E-state index in [0.717, 1.165) is 0 Å². The van der Waals surface area contributed by atoms with Crippen molar-refractivity contribution < 1.29 is 33.9 Å². The Balaban J connectivity index is 2.29. The zero-order valence-electron chi connectivity index (χ0n) is 21.7. The maximum absolute atomic E-state index is 13.5. The highest BCUT2D eigenvalue weighted by Crippen LogP contribution is 2.08. The second kappa shape index (κ2) is 15.6. The molecule has 0 saturated heterocycles. The smallest absolute Gasteiger partial charge is 0.326 e. The molecule has 0 heterocycles.